The van der Waals surface area contributed by atoms with Gasteiger partial charge < -0.3 is 4.57 Å². The quantitative estimate of drug-likeness (QED) is 0.561. The summed E-state index contributed by atoms with van der Waals surface area (Å²) in [5.41, 5.74) is 1.82. The predicted molar refractivity (Wildman–Crippen MR) is 86.0 cm³/mol. The Balaban J connectivity index is 1.93. The van der Waals surface area contributed by atoms with Crippen molar-refractivity contribution >= 4 is 59.9 Å². The maximum atomic E-state index is 12.3. The average molecular weight is 399 g/mol. The van der Waals surface area contributed by atoms with Gasteiger partial charge in [-0.1, -0.05) is 18.2 Å². The molecular formula is C14H9Br2NOS. The number of para-hydroxylation sites is 1. The van der Waals surface area contributed by atoms with Gasteiger partial charge in [-0.15, -0.1) is 11.3 Å². The van der Waals surface area contributed by atoms with Crippen LogP contribution in [0.4, 0.5) is 0 Å². The molecule has 3 aromatic rings. The summed E-state index contributed by atoms with van der Waals surface area (Å²) in [7, 11) is 0. The molecule has 2 aromatic heterocycles. The van der Waals surface area contributed by atoms with E-state index in [-0.39, 0.29) is 5.78 Å². The van der Waals surface area contributed by atoms with Crippen LogP contribution in [-0.4, -0.2) is 10.4 Å². The average Bonchev–Trinajstić information content (AvgIpc) is 2.94. The van der Waals surface area contributed by atoms with Crippen molar-refractivity contribution in [3.63, 3.8) is 0 Å². The molecule has 0 saturated heterocycles. The molecule has 5 heteroatoms. The monoisotopic (exact) mass is 397 g/mol. The number of rotatable bonds is 3. The summed E-state index contributed by atoms with van der Waals surface area (Å²) >= 11 is 8.35. The van der Waals surface area contributed by atoms with Gasteiger partial charge in [-0.3, -0.25) is 4.79 Å². The molecule has 0 saturated carbocycles. The molecule has 0 atom stereocenters. The van der Waals surface area contributed by atoms with Gasteiger partial charge in [0.25, 0.3) is 0 Å². The van der Waals surface area contributed by atoms with Crippen LogP contribution in [0.1, 0.15) is 10.4 Å². The van der Waals surface area contributed by atoms with Crippen LogP contribution in [0.3, 0.4) is 0 Å². The highest BCUT2D eigenvalue weighted by Crippen LogP contribution is 2.32. The highest BCUT2D eigenvalue weighted by molar-refractivity contribution is 9.12. The molecular weight excluding hydrogens is 390 g/mol. The van der Waals surface area contributed by atoms with Crippen molar-refractivity contribution in [2.24, 2.45) is 0 Å². The zero-order valence-corrected chi connectivity index (χ0v) is 13.8. The lowest BCUT2D eigenvalue weighted by atomic mass is 10.2. The lowest BCUT2D eigenvalue weighted by Gasteiger charge is -2.04. The number of halogens is 2. The van der Waals surface area contributed by atoms with Crippen molar-refractivity contribution in [1.29, 1.82) is 0 Å². The van der Waals surface area contributed by atoms with Crippen molar-refractivity contribution < 1.29 is 4.79 Å². The van der Waals surface area contributed by atoms with E-state index < -0.39 is 0 Å². The smallest absolute Gasteiger partial charge is 0.184 e. The number of thiophene rings is 1. The molecule has 0 fully saturated rings. The van der Waals surface area contributed by atoms with Crippen molar-refractivity contribution in [3.05, 3.63) is 55.7 Å². The molecule has 1 aromatic carbocycles. The summed E-state index contributed by atoms with van der Waals surface area (Å²) in [5.74, 6) is 0.107. The third-order valence-electron chi connectivity index (χ3n) is 2.95. The van der Waals surface area contributed by atoms with Crippen LogP contribution in [0.2, 0.25) is 0 Å². The maximum Gasteiger partial charge on any atom is 0.184 e. The van der Waals surface area contributed by atoms with Crippen molar-refractivity contribution in [3.8, 4) is 0 Å². The standard InChI is InChI=1S/C14H9Br2NOS/c15-13-7-10(14(16)19-13)12(18)8-17-6-5-9-3-1-2-4-11(9)17/h1-7H,8H2. The number of hydrogen-bond acceptors (Lipinski definition) is 2. The Hall–Kier alpha value is -0.910. The molecule has 19 heavy (non-hydrogen) atoms. The summed E-state index contributed by atoms with van der Waals surface area (Å²) in [6.45, 7) is 0.356. The number of ketones is 1. The number of fused-ring (bicyclic) bond motifs is 1. The van der Waals surface area contributed by atoms with Crippen LogP contribution in [0.15, 0.2) is 50.2 Å². The first-order valence-corrected chi connectivity index (χ1v) is 8.07. The molecule has 0 aliphatic carbocycles. The van der Waals surface area contributed by atoms with Crippen LogP contribution in [-0.2, 0) is 6.54 Å². The van der Waals surface area contributed by atoms with Crippen LogP contribution >= 0.6 is 43.2 Å². The van der Waals surface area contributed by atoms with Crippen LogP contribution in [0.25, 0.3) is 10.9 Å². The minimum absolute atomic E-state index is 0.107. The summed E-state index contributed by atoms with van der Waals surface area (Å²) in [6, 6.07) is 12.0. The maximum absolute atomic E-state index is 12.3. The Bertz CT molecular complexity index is 760. The van der Waals surface area contributed by atoms with Gasteiger partial charge in [0.1, 0.15) is 0 Å². The number of Topliss-reactive ketones (excluding diaryl/α,β-unsaturated/α-hetero) is 1. The number of hydrogen-bond donors (Lipinski definition) is 0. The van der Waals surface area contributed by atoms with E-state index in [9.17, 15) is 4.79 Å². The van der Waals surface area contributed by atoms with Gasteiger partial charge in [0, 0.05) is 17.3 Å². The molecule has 0 bridgehead atoms. The van der Waals surface area contributed by atoms with Crippen molar-refractivity contribution in [2.45, 2.75) is 6.54 Å². The van der Waals surface area contributed by atoms with Gasteiger partial charge >= 0.3 is 0 Å². The van der Waals surface area contributed by atoms with E-state index in [4.69, 9.17) is 0 Å². The van der Waals surface area contributed by atoms with E-state index in [1.807, 2.05) is 47.2 Å². The van der Waals surface area contributed by atoms with E-state index >= 15 is 0 Å². The second kappa shape index (κ2) is 5.23. The van der Waals surface area contributed by atoms with Crippen molar-refractivity contribution in [2.75, 3.05) is 0 Å². The Labute approximate surface area is 131 Å². The minimum atomic E-state index is 0.107. The Morgan fingerprint density at radius 3 is 2.74 bits per heavy atom. The molecule has 0 amide bonds. The van der Waals surface area contributed by atoms with Gasteiger partial charge in [0.15, 0.2) is 5.78 Å². The van der Waals surface area contributed by atoms with E-state index in [2.05, 4.69) is 31.9 Å². The molecule has 2 heterocycles. The fraction of sp³-hybridized carbons (Fsp3) is 0.0714. The second-order valence-electron chi connectivity index (χ2n) is 4.16. The largest absolute Gasteiger partial charge is 0.340 e. The topological polar surface area (TPSA) is 22.0 Å². The highest BCUT2D eigenvalue weighted by Gasteiger charge is 2.14. The Morgan fingerprint density at radius 2 is 2.00 bits per heavy atom. The van der Waals surface area contributed by atoms with E-state index in [0.717, 1.165) is 24.0 Å². The fourth-order valence-electron chi connectivity index (χ4n) is 2.05. The number of benzene rings is 1. The normalized spacial score (nSPS) is 11.1. The molecule has 0 aliphatic heterocycles. The van der Waals surface area contributed by atoms with Crippen molar-refractivity contribution in [1.82, 2.24) is 4.57 Å². The zero-order valence-electron chi connectivity index (χ0n) is 9.77. The van der Waals surface area contributed by atoms with E-state index in [0.29, 0.717) is 6.54 Å². The van der Waals surface area contributed by atoms with Crippen LogP contribution < -0.4 is 0 Å². The van der Waals surface area contributed by atoms with Gasteiger partial charge in [-0.05, 0) is 55.4 Å². The summed E-state index contributed by atoms with van der Waals surface area (Å²) in [5, 5.41) is 1.15. The molecule has 0 spiro atoms. The Kier molecular flexibility index (Phi) is 3.60. The second-order valence-corrected chi connectivity index (χ2v) is 7.91. The third-order valence-corrected chi connectivity index (χ3v) is 5.29. The molecule has 0 unspecified atom stereocenters. The van der Waals surface area contributed by atoms with Gasteiger partial charge in [-0.25, -0.2) is 0 Å². The fourth-order valence-corrected chi connectivity index (χ4v) is 4.90. The van der Waals surface area contributed by atoms with Crippen LogP contribution in [0, 0.1) is 0 Å². The SMILES string of the molecule is O=C(Cn1ccc2ccccc21)c1cc(Br)sc1Br. The number of carbonyl (C=O) groups excluding carboxylic acids is 1. The summed E-state index contributed by atoms with van der Waals surface area (Å²) < 4.78 is 3.82. The Morgan fingerprint density at radius 1 is 1.21 bits per heavy atom. The number of aromatic nitrogens is 1. The first-order valence-electron chi connectivity index (χ1n) is 5.67. The lowest BCUT2D eigenvalue weighted by Crippen LogP contribution is -2.09. The minimum Gasteiger partial charge on any atom is -0.340 e. The molecule has 0 radical (unpaired) electrons. The zero-order chi connectivity index (χ0) is 13.4. The lowest BCUT2D eigenvalue weighted by molar-refractivity contribution is 0.0973. The number of carbonyl (C=O) groups is 1. The van der Waals surface area contributed by atoms with Crippen LogP contribution in [0.5, 0.6) is 0 Å². The molecule has 96 valence electrons. The number of nitrogens with zero attached hydrogens (tertiary/aromatic N) is 1. The first-order chi connectivity index (χ1) is 9.15. The predicted octanol–water partition coefficient (Wildman–Crippen LogP) is 5.11. The van der Waals surface area contributed by atoms with E-state index in [1.165, 1.54) is 11.3 Å². The van der Waals surface area contributed by atoms with Gasteiger partial charge in [-0.2, -0.15) is 0 Å². The summed E-state index contributed by atoms with van der Waals surface area (Å²) in [6.07, 6.45) is 1.96. The molecule has 3 rings (SSSR count). The van der Waals surface area contributed by atoms with Gasteiger partial charge in [0.2, 0.25) is 0 Å². The third kappa shape index (κ3) is 2.55. The van der Waals surface area contributed by atoms with Gasteiger partial charge in [0.05, 0.1) is 14.1 Å². The first kappa shape index (κ1) is 13.1. The molecule has 2 nitrogen and oxygen atoms in total. The molecule has 0 N–H and O–H groups in total. The highest BCUT2D eigenvalue weighted by atomic mass is 79.9. The van der Waals surface area contributed by atoms with E-state index in [1.54, 1.807) is 0 Å². The summed E-state index contributed by atoms with van der Waals surface area (Å²) in [4.78, 5) is 12.3. The molecule has 0 aliphatic rings.